The maximum atomic E-state index is 13.0. The predicted octanol–water partition coefficient (Wildman–Crippen LogP) is 3.12. The molecule has 1 N–H and O–H groups in total. The lowest BCUT2D eigenvalue weighted by Gasteiger charge is -2.08. The first kappa shape index (κ1) is 11.6. The van der Waals surface area contributed by atoms with Crippen molar-refractivity contribution in [2.45, 2.75) is 26.3 Å². The van der Waals surface area contributed by atoms with Crippen molar-refractivity contribution in [3.8, 4) is 0 Å². The largest absolute Gasteiger partial charge is 0.349 e. The smallest absolute Gasteiger partial charge is 0.252 e. The Labute approximate surface area is 102 Å². The topological polar surface area (TPSA) is 29.1 Å². The fourth-order valence-corrected chi connectivity index (χ4v) is 2.05. The van der Waals surface area contributed by atoms with Gasteiger partial charge in [-0.2, -0.15) is 0 Å². The number of carbonyl (C=O) groups is 1. The highest BCUT2D eigenvalue weighted by Crippen LogP contribution is 2.44. The molecular formula is C12H13BrFNO. The Morgan fingerprint density at radius 2 is 2.19 bits per heavy atom. The third-order valence-electron chi connectivity index (χ3n) is 2.99. The van der Waals surface area contributed by atoms with Gasteiger partial charge in [-0.25, -0.2) is 4.39 Å². The summed E-state index contributed by atoms with van der Waals surface area (Å²) < 4.78 is 13.6. The van der Waals surface area contributed by atoms with Crippen LogP contribution in [-0.4, -0.2) is 11.9 Å². The monoisotopic (exact) mass is 285 g/mol. The Bertz CT molecular complexity index is 445. The second kappa shape index (κ2) is 3.84. The summed E-state index contributed by atoms with van der Waals surface area (Å²) in [6.07, 6.45) is 0.978. The molecule has 2 rings (SSSR count). The lowest BCUT2D eigenvalue weighted by atomic mass is 10.1. The normalized spacial score (nSPS) is 21.6. The number of rotatable bonds is 2. The molecule has 0 aliphatic heterocycles. The first-order chi connectivity index (χ1) is 7.40. The third-order valence-corrected chi connectivity index (χ3v) is 3.68. The minimum absolute atomic E-state index is 0.176. The van der Waals surface area contributed by atoms with Gasteiger partial charge in [0.05, 0.1) is 5.56 Å². The van der Waals surface area contributed by atoms with Crippen LogP contribution in [0.2, 0.25) is 0 Å². The van der Waals surface area contributed by atoms with Gasteiger partial charge in [0.2, 0.25) is 0 Å². The van der Waals surface area contributed by atoms with Crippen LogP contribution < -0.4 is 5.32 Å². The number of carbonyl (C=O) groups excluding carboxylic acids is 1. The van der Waals surface area contributed by atoms with Crippen LogP contribution in [0.25, 0.3) is 0 Å². The minimum Gasteiger partial charge on any atom is -0.349 e. The molecule has 1 fully saturated rings. The van der Waals surface area contributed by atoms with E-state index in [-0.39, 0.29) is 17.4 Å². The van der Waals surface area contributed by atoms with Crippen LogP contribution in [0.1, 0.15) is 30.6 Å². The molecule has 86 valence electrons. The molecule has 0 heterocycles. The fraction of sp³-hybridized carbons (Fsp3) is 0.417. The van der Waals surface area contributed by atoms with Gasteiger partial charge in [-0.05, 0) is 46.0 Å². The molecule has 0 bridgehead atoms. The number of hydrogen-bond donors (Lipinski definition) is 1. The molecule has 2 nitrogen and oxygen atoms in total. The van der Waals surface area contributed by atoms with Crippen LogP contribution in [0.5, 0.6) is 0 Å². The van der Waals surface area contributed by atoms with Crippen molar-refractivity contribution in [2.75, 3.05) is 0 Å². The summed E-state index contributed by atoms with van der Waals surface area (Å²) in [6, 6.07) is 4.31. The van der Waals surface area contributed by atoms with Gasteiger partial charge in [-0.15, -0.1) is 0 Å². The van der Waals surface area contributed by atoms with Gasteiger partial charge in [0.25, 0.3) is 5.91 Å². The summed E-state index contributed by atoms with van der Waals surface area (Å²) in [6.45, 7) is 4.19. The van der Waals surface area contributed by atoms with E-state index in [9.17, 15) is 9.18 Å². The van der Waals surface area contributed by atoms with Gasteiger partial charge in [0, 0.05) is 10.5 Å². The quantitative estimate of drug-likeness (QED) is 0.889. The van der Waals surface area contributed by atoms with Gasteiger partial charge >= 0.3 is 0 Å². The number of benzene rings is 1. The summed E-state index contributed by atoms with van der Waals surface area (Å²) in [5.74, 6) is -0.620. The number of nitrogens with one attached hydrogen (secondary N) is 1. The van der Waals surface area contributed by atoms with Crippen molar-refractivity contribution >= 4 is 21.8 Å². The lowest BCUT2D eigenvalue weighted by molar-refractivity contribution is 0.0945. The van der Waals surface area contributed by atoms with Crippen LogP contribution in [0, 0.1) is 11.2 Å². The highest BCUT2D eigenvalue weighted by atomic mass is 79.9. The van der Waals surface area contributed by atoms with Crippen LogP contribution in [0.4, 0.5) is 4.39 Å². The molecule has 1 aromatic carbocycles. The van der Waals surface area contributed by atoms with E-state index in [1.807, 2.05) is 0 Å². The molecular weight excluding hydrogens is 273 g/mol. The van der Waals surface area contributed by atoms with Crippen molar-refractivity contribution in [2.24, 2.45) is 5.41 Å². The molecule has 16 heavy (non-hydrogen) atoms. The van der Waals surface area contributed by atoms with E-state index in [1.165, 1.54) is 12.1 Å². The zero-order chi connectivity index (χ0) is 11.9. The van der Waals surface area contributed by atoms with E-state index >= 15 is 0 Å². The highest BCUT2D eigenvalue weighted by molar-refractivity contribution is 9.10. The predicted molar refractivity (Wildman–Crippen MR) is 63.8 cm³/mol. The molecule has 4 heteroatoms. The molecule has 0 spiro atoms. The number of halogens is 2. The molecule has 0 radical (unpaired) electrons. The van der Waals surface area contributed by atoms with E-state index in [0.29, 0.717) is 10.0 Å². The molecule has 1 saturated carbocycles. The summed E-state index contributed by atoms with van der Waals surface area (Å²) in [7, 11) is 0. The summed E-state index contributed by atoms with van der Waals surface area (Å²) in [5.41, 5.74) is 0.526. The molecule has 1 aliphatic rings. The van der Waals surface area contributed by atoms with Crippen LogP contribution in [0.3, 0.4) is 0 Å². The average Bonchev–Trinajstić information content (AvgIpc) is 2.77. The summed E-state index contributed by atoms with van der Waals surface area (Å²) in [5, 5.41) is 2.89. The van der Waals surface area contributed by atoms with E-state index < -0.39 is 5.82 Å². The molecule has 1 aliphatic carbocycles. The first-order valence-corrected chi connectivity index (χ1v) is 5.95. The molecule has 0 aromatic heterocycles. The lowest BCUT2D eigenvalue weighted by Crippen LogP contribution is -2.28. The van der Waals surface area contributed by atoms with Crippen molar-refractivity contribution in [3.05, 3.63) is 34.1 Å². The second-order valence-electron chi connectivity index (χ2n) is 4.84. The Kier molecular flexibility index (Phi) is 2.78. The summed E-state index contributed by atoms with van der Waals surface area (Å²) in [4.78, 5) is 11.8. The zero-order valence-electron chi connectivity index (χ0n) is 9.18. The van der Waals surface area contributed by atoms with E-state index in [1.54, 1.807) is 6.07 Å². The Morgan fingerprint density at radius 3 is 2.75 bits per heavy atom. The fourth-order valence-electron chi connectivity index (χ4n) is 1.62. The Morgan fingerprint density at radius 1 is 1.56 bits per heavy atom. The first-order valence-electron chi connectivity index (χ1n) is 5.16. The summed E-state index contributed by atoms with van der Waals surface area (Å²) >= 11 is 3.24. The van der Waals surface area contributed by atoms with E-state index in [4.69, 9.17) is 0 Å². The minimum atomic E-state index is -0.400. The van der Waals surface area contributed by atoms with Gasteiger partial charge in [0.1, 0.15) is 5.82 Å². The molecule has 1 amide bonds. The zero-order valence-corrected chi connectivity index (χ0v) is 10.8. The maximum Gasteiger partial charge on any atom is 0.252 e. The molecule has 1 unspecified atom stereocenters. The van der Waals surface area contributed by atoms with Crippen molar-refractivity contribution < 1.29 is 9.18 Å². The van der Waals surface area contributed by atoms with Gasteiger partial charge < -0.3 is 5.32 Å². The second-order valence-corrected chi connectivity index (χ2v) is 5.70. The standard InChI is InChI=1S/C12H13BrFNO/c1-12(2)6-10(12)15-11(16)8-5-7(14)3-4-9(8)13/h3-5,10H,6H2,1-2H3,(H,15,16). The SMILES string of the molecule is CC1(C)CC1NC(=O)c1cc(F)ccc1Br. The Balaban J connectivity index is 2.12. The highest BCUT2D eigenvalue weighted by Gasteiger charge is 2.46. The van der Waals surface area contributed by atoms with Crippen LogP contribution in [0.15, 0.2) is 22.7 Å². The van der Waals surface area contributed by atoms with E-state index in [2.05, 4.69) is 35.1 Å². The van der Waals surface area contributed by atoms with Crippen molar-refractivity contribution in [3.63, 3.8) is 0 Å². The van der Waals surface area contributed by atoms with Gasteiger partial charge in [-0.1, -0.05) is 13.8 Å². The van der Waals surface area contributed by atoms with Crippen molar-refractivity contribution in [1.29, 1.82) is 0 Å². The Hall–Kier alpha value is -0.900. The molecule has 0 saturated heterocycles. The van der Waals surface area contributed by atoms with Gasteiger partial charge in [0.15, 0.2) is 0 Å². The average molecular weight is 286 g/mol. The molecule has 1 atom stereocenters. The number of amides is 1. The molecule has 1 aromatic rings. The maximum absolute atomic E-state index is 13.0. The van der Waals surface area contributed by atoms with E-state index in [0.717, 1.165) is 6.42 Å². The number of hydrogen-bond acceptors (Lipinski definition) is 1. The van der Waals surface area contributed by atoms with Crippen LogP contribution in [-0.2, 0) is 0 Å². The third kappa shape index (κ3) is 2.26. The van der Waals surface area contributed by atoms with Crippen LogP contribution >= 0.6 is 15.9 Å². The van der Waals surface area contributed by atoms with Crippen molar-refractivity contribution in [1.82, 2.24) is 5.32 Å². The van der Waals surface area contributed by atoms with Gasteiger partial charge in [-0.3, -0.25) is 4.79 Å².